The Balaban J connectivity index is 1.70. The monoisotopic (exact) mass is 396 g/mol. The second-order valence-electron chi connectivity index (χ2n) is 11.1. The van der Waals surface area contributed by atoms with Crippen LogP contribution in [-0.2, 0) is 14.2 Å². The van der Waals surface area contributed by atoms with Crippen molar-refractivity contribution in [3.8, 4) is 0 Å². The Labute approximate surface area is 170 Å². The molecule has 2 aliphatic carbocycles. The molecular formula is C23H40O5. The van der Waals surface area contributed by atoms with Gasteiger partial charge in [-0.2, -0.15) is 0 Å². The minimum absolute atomic E-state index is 0.0108. The van der Waals surface area contributed by atoms with Crippen LogP contribution >= 0.6 is 0 Å². The molecule has 162 valence electrons. The van der Waals surface area contributed by atoms with Gasteiger partial charge in [0.25, 0.3) is 0 Å². The highest BCUT2D eigenvalue weighted by molar-refractivity contribution is 5.18. The van der Waals surface area contributed by atoms with E-state index in [1.807, 2.05) is 13.8 Å². The average Bonchev–Trinajstić information content (AvgIpc) is 3.03. The number of hydrogen-bond donors (Lipinski definition) is 2. The molecule has 2 N–H and O–H groups in total. The van der Waals surface area contributed by atoms with E-state index in [9.17, 15) is 10.2 Å². The van der Waals surface area contributed by atoms with Crippen molar-refractivity contribution >= 4 is 0 Å². The lowest BCUT2D eigenvalue weighted by atomic mass is 9.43. The van der Waals surface area contributed by atoms with Crippen LogP contribution in [0.5, 0.6) is 0 Å². The third-order valence-corrected chi connectivity index (χ3v) is 9.24. The number of aliphatic hydroxyl groups excluding tert-OH is 2. The van der Waals surface area contributed by atoms with E-state index in [0.717, 1.165) is 38.7 Å². The average molecular weight is 397 g/mol. The summed E-state index contributed by atoms with van der Waals surface area (Å²) in [6.07, 6.45) is 6.95. The van der Waals surface area contributed by atoms with Crippen LogP contribution in [0.25, 0.3) is 0 Å². The highest BCUT2D eigenvalue weighted by Gasteiger charge is 2.70. The quantitative estimate of drug-likeness (QED) is 0.762. The van der Waals surface area contributed by atoms with Gasteiger partial charge in [-0.1, -0.05) is 20.8 Å². The molecule has 2 heterocycles. The summed E-state index contributed by atoms with van der Waals surface area (Å²) in [5.41, 5.74) is -0.820. The van der Waals surface area contributed by atoms with Gasteiger partial charge in [0.15, 0.2) is 5.79 Å². The van der Waals surface area contributed by atoms with Gasteiger partial charge in [0.2, 0.25) is 0 Å². The summed E-state index contributed by atoms with van der Waals surface area (Å²) < 4.78 is 19.5. The smallest absolute Gasteiger partial charge is 0.163 e. The SMILES string of the molecule is C[C@@H]1CCC2C3(C)COC(C)(C)OC3CC[C@]2(C)[C@@]12CCC(CO)(CCO)O2. The summed E-state index contributed by atoms with van der Waals surface area (Å²) in [5, 5.41) is 19.7. The van der Waals surface area contributed by atoms with Crippen LogP contribution in [0.15, 0.2) is 0 Å². The minimum atomic E-state index is -0.590. The summed E-state index contributed by atoms with van der Waals surface area (Å²) in [6, 6.07) is 0. The van der Waals surface area contributed by atoms with Gasteiger partial charge in [-0.25, -0.2) is 0 Å². The number of fused-ring (bicyclic) bond motifs is 4. The molecule has 4 aliphatic rings. The van der Waals surface area contributed by atoms with Crippen molar-refractivity contribution in [3.05, 3.63) is 0 Å². The predicted molar refractivity (Wildman–Crippen MR) is 107 cm³/mol. The first-order valence-corrected chi connectivity index (χ1v) is 11.3. The molecule has 1 spiro atoms. The van der Waals surface area contributed by atoms with Gasteiger partial charge in [0.1, 0.15) is 0 Å². The van der Waals surface area contributed by atoms with Crippen LogP contribution in [0.3, 0.4) is 0 Å². The Kier molecular flexibility index (Phi) is 5.00. The first kappa shape index (κ1) is 21.0. The molecule has 2 saturated heterocycles. The van der Waals surface area contributed by atoms with Gasteiger partial charge in [-0.3, -0.25) is 0 Å². The molecule has 28 heavy (non-hydrogen) atoms. The van der Waals surface area contributed by atoms with Crippen LogP contribution in [-0.4, -0.2) is 53.1 Å². The van der Waals surface area contributed by atoms with Crippen molar-refractivity contribution in [2.75, 3.05) is 19.8 Å². The Morgan fingerprint density at radius 2 is 1.71 bits per heavy atom. The first-order valence-electron chi connectivity index (χ1n) is 11.3. The maximum absolute atomic E-state index is 10.1. The molecule has 0 aromatic rings. The third-order valence-electron chi connectivity index (χ3n) is 9.24. The first-order chi connectivity index (χ1) is 13.1. The second kappa shape index (κ2) is 6.65. The standard InChI is InChI=1S/C23H40O5/c1-16-6-7-17-20(4)15-26-19(2,3)27-18(20)8-9-21(17,5)23(16)11-10-22(14-25,28-23)12-13-24/h16-18,24-25H,6-15H2,1-5H3/t16-,17?,18?,20?,21+,22?,23-/m1/s1. The highest BCUT2D eigenvalue weighted by atomic mass is 16.7. The molecule has 0 aromatic heterocycles. The number of rotatable bonds is 3. The third kappa shape index (κ3) is 2.76. The van der Waals surface area contributed by atoms with E-state index in [0.29, 0.717) is 18.3 Å². The van der Waals surface area contributed by atoms with Gasteiger partial charge in [-0.05, 0) is 64.2 Å². The molecule has 7 atom stereocenters. The molecule has 0 aromatic carbocycles. The fourth-order valence-electron chi connectivity index (χ4n) is 7.57. The number of aliphatic hydroxyl groups is 2. The zero-order valence-electron chi connectivity index (χ0n) is 18.4. The molecule has 5 nitrogen and oxygen atoms in total. The van der Waals surface area contributed by atoms with Crippen molar-refractivity contribution in [2.45, 2.75) is 103 Å². The van der Waals surface area contributed by atoms with Gasteiger partial charge in [0.05, 0.1) is 30.5 Å². The molecule has 2 aliphatic heterocycles. The maximum Gasteiger partial charge on any atom is 0.163 e. The van der Waals surface area contributed by atoms with Crippen molar-refractivity contribution in [1.29, 1.82) is 0 Å². The topological polar surface area (TPSA) is 68.2 Å². The number of hydrogen-bond acceptors (Lipinski definition) is 5. The summed E-state index contributed by atoms with van der Waals surface area (Å²) in [5.74, 6) is 0.409. The van der Waals surface area contributed by atoms with Crippen molar-refractivity contribution < 1.29 is 24.4 Å². The van der Waals surface area contributed by atoms with E-state index >= 15 is 0 Å². The molecule has 4 unspecified atom stereocenters. The van der Waals surface area contributed by atoms with E-state index in [1.165, 1.54) is 6.42 Å². The lowest BCUT2D eigenvalue weighted by Gasteiger charge is -2.67. The fraction of sp³-hybridized carbons (Fsp3) is 1.00. The van der Waals surface area contributed by atoms with E-state index < -0.39 is 11.4 Å². The minimum Gasteiger partial charge on any atom is -0.396 e. The van der Waals surface area contributed by atoms with Gasteiger partial charge in [0, 0.05) is 23.9 Å². The van der Waals surface area contributed by atoms with E-state index in [4.69, 9.17) is 14.2 Å². The molecule has 0 radical (unpaired) electrons. The zero-order chi connectivity index (χ0) is 20.4. The maximum atomic E-state index is 10.1. The molecular weight excluding hydrogens is 356 g/mol. The molecule has 4 rings (SSSR count). The van der Waals surface area contributed by atoms with Crippen LogP contribution in [0.4, 0.5) is 0 Å². The zero-order valence-corrected chi connectivity index (χ0v) is 18.4. The molecule has 4 fully saturated rings. The van der Waals surface area contributed by atoms with Crippen LogP contribution in [0.1, 0.15) is 79.6 Å². The summed E-state index contributed by atoms with van der Waals surface area (Å²) >= 11 is 0. The van der Waals surface area contributed by atoms with E-state index in [2.05, 4.69) is 20.8 Å². The lowest BCUT2D eigenvalue weighted by molar-refractivity contribution is -0.359. The van der Waals surface area contributed by atoms with Gasteiger partial charge >= 0.3 is 0 Å². The van der Waals surface area contributed by atoms with Crippen LogP contribution < -0.4 is 0 Å². The Bertz CT molecular complexity index is 608. The predicted octanol–water partition coefficient (Wildman–Crippen LogP) is 3.65. The van der Waals surface area contributed by atoms with Gasteiger partial charge in [-0.15, -0.1) is 0 Å². The lowest BCUT2D eigenvalue weighted by Crippen LogP contribution is -2.69. The van der Waals surface area contributed by atoms with Crippen LogP contribution in [0.2, 0.25) is 0 Å². The van der Waals surface area contributed by atoms with Gasteiger partial charge < -0.3 is 24.4 Å². The van der Waals surface area contributed by atoms with Crippen molar-refractivity contribution in [1.82, 2.24) is 0 Å². The Morgan fingerprint density at radius 1 is 0.964 bits per heavy atom. The highest BCUT2D eigenvalue weighted by Crippen LogP contribution is 2.69. The normalized spacial score (nSPS) is 53.0. The van der Waals surface area contributed by atoms with Crippen molar-refractivity contribution in [3.63, 3.8) is 0 Å². The Hall–Kier alpha value is -0.200. The molecule has 5 heteroatoms. The summed E-state index contributed by atoms with van der Waals surface area (Å²) in [6.45, 7) is 12.0. The summed E-state index contributed by atoms with van der Waals surface area (Å²) in [4.78, 5) is 0. The van der Waals surface area contributed by atoms with E-state index in [1.54, 1.807) is 0 Å². The molecule has 0 amide bonds. The largest absolute Gasteiger partial charge is 0.396 e. The van der Waals surface area contributed by atoms with E-state index in [-0.39, 0.29) is 35.7 Å². The van der Waals surface area contributed by atoms with Crippen molar-refractivity contribution in [2.24, 2.45) is 22.7 Å². The molecule has 0 bridgehead atoms. The number of ether oxygens (including phenoxy) is 3. The Morgan fingerprint density at radius 3 is 2.39 bits per heavy atom. The second-order valence-corrected chi connectivity index (χ2v) is 11.1. The molecule has 2 saturated carbocycles. The van der Waals surface area contributed by atoms with Crippen LogP contribution in [0, 0.1) is 22.7 Å². The fourth-order valence-corrected chi connectivity index (χ4v) is 7.57. The summed E-state index contributed by atoms with van der Waals surface area (Å²) in [7, 11) is 0.